The third-order valence-electron chi connectivity index (χ3n) is 4.06. The van der Waals surface area contributed by atoms with Gasteiger partial charge in [-0.05, 0) is 53.6 Å². The number of ether oxygens (including phenoxy) is 1. The molecule has 0 amide bonds. The van der Waals surface area contributed by atoms with Crippen LogP contribution in [0.15, 0.2) is 66.7 Å². The second-order valence-electron chi connectivity index (χ2n) is 6.46. The molecule has 4 heteroatoms. The van der Waals surface area contributed by atoms with E-state index in [1.807, 2.05) is 36.4 Å². The second-order valence-corrected chi connectivity index (χ2v) is 6.46. The van der Waals surface area contributed by atoms with Gasteiger partial charge >= 0.3 is 5.97 Å². The standard InChI is InChI=1S/C22H23NO2.BrH/c1-16(2)23-13-12-17-8-9-20-15-21(11-10-19(20)14-17)25-22(24)18-6-4-3-5-7-18;/h3-11,14-16,23H,12-13H2,1-2H3;1H. The van der Waals surface area contributed by atoms with E-state index >= 15 is 0 Å². The van der Waals surface area contributed by atoms with Crippen molar-refractivity contribution < 1.29 is 9.53 Å². The topological polar surface area (TPSA) is 38.3 Å². The smallest absolute Gasteiger partial charge is 0.343 e. The van der Waals surface area contributed by atoms with Crippen molar-refractivity contribution in [3.05, 3.63) is 77.9 Å². The molecule has 0 spiro atoms. The molecule has 0 bridgehead atoms. The van der Waals surface area contributed by atoms with E-state index in [0.29, 0.717) is 17.4 Å². The highest BCUT2D eigenvalue weighted by atomic mass is 79.9. The molecule has 0 fully saturated rings. The SMILES string of the molecule is Br.CC(C)NCCc1ccc2cc(OC(=O)c3ccccc3)ccc2c1. The minimum absolute atomic E-state index is 0. The summed E-state index contributed by atoms with van der Waals surface area (Å²) in [6.07, 6.45) is 0.999. The minimum Gasteiger partial charge on any atom is -0.423 e. The number of carbonyl (C=O) groups is 1. The lowest BCUT2D eigenvalue weighted by molar-refractivity contribution is 0.0735. The maximum atomic E-state index is 12.1. The zero-order chi connectivity index (χ0) is 17.6. The van der Waals surface area contributed by atoms with Crippen molar-refractivity contribution in [3.8, 4) is 5.75 Å². The van der Waals surface area contributed by atoms with E-state index in [0.717, 1.165) is 23.7 Å². The number of halogens is 1. The first-order valence-corrected chi connectivity index (χ1v) is 8.65. The summed E-state index contributed by atoms with van der Waals surface area (Å²) in [5.41, 5.74) is 1.85. The number of carbonyl (C=O) groups excluding carboxylic acids is 1. The molecule has 3 aromatic carbocycles. The van der Waals surface area contributed by atoms with Crippen LogP contribution in [0.4, 0.5) is 0 Å². The van der Waals surface area contributed by atoms with Crippen LogP contribution in [0, 0.1) is 0 Å². The molecule has 0 saturated heterocycles. The van der Waals surface area contributed by atoms with Gasteiger partial charge in [-0.15, -0.1) is 17.0 Å². The molecule has 0 radical (unpaired) electrons. The molecular formula is C22H24BrNO2. The van der Waals surface area contributed by atoms with Crippen molar-refractivity contribution in [2.24, 2.45) is 0 Å². The van der Waals surface area contributed by atoms with Crippen molar-refractivity contribution in [2.45, 2.75) is 26.3 Å². The zero-order valence-electron chi connectivity index (χ0n) is 15.1. The van der Waals surface area contributed by atoms with E-state index in [4.69, 9.17) is 4.74 Å². The van der Waals surface area contributed by atoms with E-state index in [-0.39, 0.29) is 23.0 Å². The Labute approximate surface area is 165 Å². The van der Waals surface area contributed by atoms with E-state index in [1.54, 1.807) is 12.1 Å². The Bertz CT molecular complexity index is 862. The number of hydrogen-bond donors (Lipinski definition) is 1. The molecule has 3 rings (SSSR count). The van der Waals surface area contributed by atoms with Gasteiger partial charge in [0.05, 0.1) is 5.56 Å². The Balaban J connectivity index is 0.00000243. The first-order valence-electron chi connectivity index (χ1n) is 8.65. The van der Waals surface area contributed by atoms with Crippen LogP contribution < -0.4 is 10.1 Å². The van der Waals surface area contributed by atoms with Gasteiger partial charge in [0.1, 0.15) is 5.75 Å². The molecule has 0 aliphatic rings. The maximum Gasteiger partial charge on any atom is 0.343 e. The van der Waals surface area contributed by atoms with Crippen LogP contribution in [0.5, 0.6) is 5.75 Å². The molecule has 26 heavy (non-hydrogen) atoms. The average Bonchev–Trinajstić information content (AvgIpc) is 2.62. The van der Waals surface area contributed by atoms with Crippen LogP contribution in [0.25, 0.3) is 10.8 Å². The monoisotopic (exact) mass is 413 g/mol. The summed E-state index contributed by atoms with van der Waals surface area (Å²) in [5.74, 6) is 0.229. The van der Waals surface area contributed by atoms with Gasteiger partial charge in [-0.1, -0.05) is 56.3 Å². The number of hydrogen-bond acceptors (Lipinski definition) is 3. The molecule has 3 aromatic rings. The lowest BCUT2D eigenvalue weighted by atomic mass is 10.0. The Kier molecular flexibility index (Phi) is 7.37. The molecule has 0 aromatic heterocycles. The molecule has 0 aliphatic carbocycles. The number of nitrogens with one attached hydrogen (secondary N) is 1. The first kappa shape index (κ1) is 20.1. The van der Waals surface area contributed by atoms with Crippen molar-refractivity contribution in [1.29, 1.82) is 0 Å². The quantitative estimate of drug-likeness (QED) is 0.446. The Morgan fingerprint density at radius 1 is 0.962 bits per heavy atom. The van der Waals surface area contributed by atoms with Crippen LogP contribution in [0.1, 0.15) is 29.8 Å². The first-order chi connectivity index (χ1) is 12.1. The van der Waals surface area contributed by atoms with Crippen molar-refractivity contribution in [3.63, 3.8) is 0 Å². The molecule has 0 atom stereocenters. The molecule has 0 unspecified atom stereocenters. The molecular weight excluding hydrogens is 390 g/mol. The van der Waals surface area contributed by atoms with Crippen LogP contribution in [-0.4, -0.2) is 18.6 Å². The van der Waals surface area contributed by atoms with Crippen molar-refractivity contribution in [1.82, 2.24) is 5.32 Å². The summed E-state index contributed by atoms with van der Waals surface area (Å²) in [6.45, 7) is 5.27. The highest BCUT2D eigenvalue weighted by Gasteiger charge is 2.08. The minimum atomic E-state index is -0.337. The predicted molar refractivity (Wildman–Crippen MR) is 113 cm³/mol. The summed E-state index contributed by atoms with van der Waals surface area (Å²) in [5, 5.41) is 5.65. The largest absolute Gasteiger partial charge is 0.423 e. The van der Waals surface area contributed by atoms with Gasteiger partial charge in [-0.2, -0.15) is 0 Å². The molecule has 0 heterocycles. The van der Waals surface area contributed by atoms with Gasteiger partial charge in [-0.3, -0.25) is 0 Å². The van der Waals surface area contributed by atoms with Gasteiger partial charge in [0.2, 0.25) is 0 Å². The lowest BCUT2D eigenvalue weighted by Crippen LogP contribution is -2.24. The van der Waals surface area contributed by atoms with Crippen LogP contribution >= 0.6 is 17.0 Å². The Morgan fingerprint density at radius 3 is 2.38 bits per heavy atom. The maximum absolute atomic E-state index is 12.1. The number of benzene rings is 3. The summed E-state index contributed by atoms with van der Waals surface area (Å²) in [7, 11) is 0. The summed E-state index contributed by atoms with van der Waals surface area (Å²) in [4.78, 5) is 12.1. The van der Waals surface area contributed by atoms with Gasteiger partial charge in [0, 0.05) is 6.04 Å². The molecule has 1 N–H and O–H groups in total. The van der Waals surface area contributed by atoms with E-state index in [2.05, 4.69) is 37.4 Å². The highest BCUT2D eigenvalue weighted by molar-refractivity contribution is 8.93. The van der Waals surface area contributed by atoms with Gasteiger partial charge in [-0.25, -0.2) is 4.79 Å². The fraction of sp³-hybridized carbons (Fsp3) is 0.227. The average molecular weight is 414 g/mol. The van der Waals surface area contributed by atoms with Crippen LogP contribution in [-0.2, 0) is 6.42 Å². The normalized spacial score (nSPS) is 10.6. The Morgan fingerprint density at radius 2 is 1.65 bits per heavy atom. The van der Waals surface area contributed by atoms with Gasteiger partial charge in [0.25, 0.3) is 0 Å². The van der Waals surface area contributed by atoms with E-state index in [9.17, 15) is 4.79 Å². The van der Waals surface area contributed by atoms with Crippen LogP contribution in [0.2, 0.25) is 0 Å². The molecule has 3 nitrogen and oxygen atoms in total. The third kappa shape index (κ3) is 5.41. The second kappa shape index (κ2) is 9.51. The summed E-state index contributed by atoms with van der Waals surface area (Å²) >= 11 is 0. The Hall–Kier alpha value is -2.17. The zero-order valence-corrected chi connectivity index (χ0v) is 16.8. The number of rotatable bonds is 6. The van der Waals surface area contributed by atoms with E-state index in [1.165, 1.54) is 5.56 Å². The summed E-state index contributed by atoms with van der Waals surface area (Å²) in [6, 6.07) is 21.7. The predicted octanol–water partition coefficient (Wildman–Crippen LogP) is 5.18. The molecule has 0 saturated carbocycles. The van der Waals surface area contributed by atoms with Gasteiger partial charge in [0.15, 0.2) is 0 Å². The third-order valence-corrected chi connectivity index (χ3v) is 4.06. The van der Waals surface area contributed by atoms with Gasteiger partial charge < -0.3 is 10.1 Å². The summed E-state index contributed by atoms with van der Waals surface area (Å²) < 4.78 is 5.48. The highest BCUT2D eigenvalue weighted by Crippen LogP contribution is 2.23. The molecule has 0 aliphatic heterocycles. The van der Waals surface area contributed by atoms with Crippen molar-refractivity contribution >= 4 is 33.7 Å². The number of fused-ring (bicyclic) bond motifs is 1. The lowest BCUT2D eigenvalue weighted by Gasteiger charge is -2.09. The fourth-order valence-corrected chi connectivity index (χ4v) is 2.74. The van der Waals surface area contributed by atoms with E-state index < -0.39 is 0 Å². The van der Waals surface area contributed by atoms with Crippen LogP contribution in [0.3, 0.4) is 0 Å². The molecule has 136 valence electrons. The fourth-order valence-electron chi connectivity index (χ4n) is 2.74. The number of esters is 1. The van der Waals surface area contributed by atoms with Crippen molar-refractivity contribution in [2.75, 3.05) is 6.54 Å².